The van der Waals surface area contributed by atoms with Gasteiger partial charge in [-0.15, -0.1) is 0 Å². The van der Waals surface area contributed by atoms with E-state index in [9.17, 15) is 4.79 Å². The maximum atomic E-state index is 12.1. The molecule has 0 saturated carbocycles. The highest BCUT2D eigenvalue weighted by Crippen LogP contribution is 2.30. The van der Waals surface area contributed by atoms with E-state index in [1.54, 1.807) is 49.4 Å². The molecule has 0 saturated heterocycles. The molecule has 0 aliphatic rings. The van der Waals surface area contributed by atoms with Gasteiger partial charge in [-0.1, -0.05) is 53.0 Å². The summed E-state index contributed by atoms with van der Waals surface area (Å²) in [5.41, 5.74) is 0.362. The summed E-state index contributed by atoms with van der Waals surface area (Å²) in [5, 5.41) is 3.81. The number of carbonyl (C=O) groups excluding carboxylic acids is 1. The lowest BCUT2D eigenvalue weighted by atomic mass is 10.3. The van der Waals surface area contributed by atoms with Gasteiger partial charge in [-0.25, -0.2) is 0 Å². The molecule has 2 aromatic carbocycles. The van der Waals surface area contributed by atoms with E-state index in [1.165, 1.54) is 0 Å². The largest absolute Gasteiger partial charge is 0.479 e. The molecule has 0 spiro atoms. The molecule has 0 aliphatic carbocycles. The molecular formula is C15H12Cl3NO2. The van der Waals surface area contributed by atoms with Crippen molar-refractivity contribution < 1.29 is 9.53 Å². The summed E-state index contributed by atoms with van der Waals surface area (Å²) in [6.45, 7) is 1.61. The molecular weight excluding hydrogens is 333 g/mol. The van der Waals surface area contributed by atoms with Crippen molar-refractivity contribution in [1.29, 1.82) is 0 Å². The van der Waals surface area contributed by atoms with Crippen LogP contribution in [0.4, 0.5) is 5.69 Å². The van der Waals surface area contributed by atoms with Crippen LogP contribution >= 0.6 is 34.8 Å². The van der Waals surface area contributed by atoms with Crippen molar-refractivity contribution in [3.63, 3.8) is 0 Å². The van der Waals surface area contributed by atoms with Gasteiger partial charge in [0, 0.05) is 0 Å². The topological polar surface area (TPSA) is 38.3 Å². The fraction of sp³-hybridized carbons (Fsp3) is 0.133. The fourth-order valence-electron chi connectivity index (χ4n) is 1.63. The summed E-state index contributed by atoms with van der Waals surface area (Å²) >= 11 is 18.0. The molecule has 1 atom stereocenters. The van der Waals surface area contributed by atoms with Crippen molar-refractivity contribution in [2.75, 3.05) is 5.32 Å². The summed E-state index contributed by atoms with van der Waals surface area (Å²) in [6.07, 6.45) is -0.753. The quantitative estimate of drug-likeness (QED) is 0.842. The molecule has 3 nitrogen and oxygen atoms in total. The van der Waals surface area contributed by atoms with Crippen LogP contribution in [0, 0.1) is 0 Å². The third-order valence-corrected chi connectivity index (χ3v) is 3.66. The smallest absolute Gasteiger partial charge is 0.265 e. The minimum Gasteiger partial charge on any atom is -0.479 e. The van der Waals surface area contributed by atoms with E-state index in [0.717, 1.165) is 0 Å². The number of amides is 1. The maximum absolute atomic E-state index is 12.1. The first-order valence-corrected chi connectivity index (χ1v) is 7.28. The van der Waals surface area contributed by atoms with Gasteiger partial charge in [-0.2, -0.15) is 0 Å². The standard InChI is InChI=1S/C15H12Cl3NO2/c1-9(21-13-8-3-2-5-10(13)16)15(20)19-14-11(17)6-4-7-12(14)18/h2-9H,1H3,(H,19,20)/t9-/m1/s1. The van der Waals surface area contributed by atoms with Gasteiger partial charge in [0.1, 0.15) is 5.75 Å². The predicted molar refractivity (Wildman–Crippen MR) is 86.6 cm³/mol. The van der Waals surface area contributed by atoms with Crippen molar-refractivity contribution in [3.05, 3.63) is 57.5 Å². The van der Waals surface area contributed by atoms with E-state index < -0.39 is 6.10 Å². The molecule has 0 bridgehead atoms. The average molecular weight is 345 g/mol. The van der Waals surface area contributed by atoms with Crippen LogP contribution in [0.25, 0.3) is 0 Å². The molecule has 1 N–H and O–H groups in total. The Morgan fingerprint density at radius 1 is 1.00 bits per heavy atom. The minimum atomic E-state index is -0.753. The van der Waals surface area contributed by atoms with E-state index in [-0.39, 0.29) is 5.91 Å². The van der Waals surface area contributed by atoms with Gasteiger partial charge in [0.05, 0.1) is 20.8 Å². The van der Waals surface area contributed by atoms with Gasteiger partial charge in [0.15, 0.2) is 6.10 Å². The second kappa shape index (κ2) is 7.03. The number of nitrogens with one attached hydrogen (secondary N) is 1. The molecule has 0 radical (unpaired) electrons. The number of anilines is 1. The van der Waals surface area contributed by atoms with Gasteiger partial charge in [-0.05, 0) is 31.2 Å². The number of carbonyl (C=O) groups is 1. The molecule has 0 heterocycles. The number of rotatable bonds is 4. The molecule has 0 aliphatic heterocycles. The van der Waals surface area contributed by atoms with E-state index in [2.05, 4.69) is 5.32 Å². The molecule has 6 heteroatoms. The SMILES string of the molecule is C[C@@H](Oc1ccccc1Cl)C(=O)Nc1c(Cl)cccc1Cl. The monoisotopic (exact) mass is 343 g/mol. The van der Waals surface area contributed by atoms with Crippen molar-refractivity contribution >= 4 is 46.4 Å². The summed E-state index contributed by atoms with van der Waals surface area (Å²) in [4.78, 5) is 12.1. The molecule has 1 amide bonds. The lowest BCUT2D eigenvalue weighted by Crippen LogP contribution is -2.30. The maximum Gasteiger partial charge on any atom is 0.265 e. The third kappa shape index (κ3) is 4.03. The van der Waals surface area contributed by atoms with Crippen LogP contribution in [0.1, 0.15) is 6.92 Å². The highest BCUT2D eigenvalue weighted by atomic mass is 35.5. The molecule has 2 aromatic rings. The van der Waals surface area contributed by atoms with E-state index in [4.69, 9.17) is 39.5 Å². The van der Waals surface area contributed by atoms with Crippen molar-refractivity contribution in [2.45, 2.75) is 13.0 Å². The Labute approximate surface area is 137 Å². The van der Waals surface area contributed by atoms with Crippen LogP contribution < -0.4 is 10.1 Å². The van der Waals surface area contributed by atoms with E-state index in [1.807, 2.05) is 0 Å². The Balaban J connectivity index is 2.08. The van der Waals surface area contributed by atoms with E-state index >= 15 is 0 Å². The van der Waals surface area contributed by atoms with Crippen LogP contribution in [0.5, 0.6) is 5.75 Å². The number of ether oxygens (including phenoxy) is 1. The van der Waals surface area contributed by atoms with Crippen LogP contribution in [-0.4, -0.2) is 12.0 Å². The Kier molecular flexibility index (Phi) is 5.34. The number of hydrogen-bond acceptors (Lipinski definition) is 2. The zero-order valence-electron chi connectivity index (χ0n) is 11.1. The molecule has 110 valence electrons. The lowest BCUT2D eigenvalue weighted by molar-refractivity contribution is -0.122. The number of halogens is 3. The van der Waals surface area contributed by atoms with Crippen LogP contribution in [0.15, 0.2) is 42.5 Å². The molecule has 0 aromatic heterocycles. The lowest BCUT2D eigenvalue weighted by Gasteiger charge is -2.16. The van der Waals surface area contributed by atoms with Crippen LogP contribution in [0.3, 0.4) is 0 Å². The predicted octanol–water partition coefficient (Wildman–Crippen LogP) is 5.05. The summed E-state index contributed by atoms with van der Waals surface area (Å²) < 4.78 is 5.53. The Morgan fingerprint density at radius 3 is 2.19 bits per heavy atom. The van der Waals surface area contributed by atoms with Crippen molar-refractivity contribution in [1.82, 2.24) is 0 Å². The van der Waals surface area contributed by atoms with Gasteiger partial charge < -0.3 is 10.1 Å². The molecule has 21 heavy (non-hydrogen) atoms. The highest BCUT2D eigenvalue weighted by Gasteiger charge is 2.18. The Morgan fingerprint density at radius 2 is 1.57 bits per heavy atom. The molecule has 0 fully saturated rings. The van der Waals surface area contributed by atoms with Gasteiger partial charge in [0.2, 0.25) is 0 Å². The van der Waals surface area contributed by atoms with Crippen LogP contribution in [0.2, 0.25) is 15.1 Å². The van der Waals surface area contributed by atoms with Gasteiger partial charge >= 0.3 is 0 Å². The number of para-hydroxylation sites is 2. The summed E-state index contributed by atoms with van der Waals surface area (Å²) in [7, 11) is 0. The first kappa shape index (κ1) is 16.0. The van der Waals surface area contributed by atoms with Crippen molar-refractivity contribution in [2.24, 2.45) is 0 Å². The zero-order valence-corrected chi connectivity index (χ0v) is 13.3. The van der Waals surface area contributed by atoms with Crippen LogP contribution in [-0.2, 0) is 4.79 Å². The summed E-state index contributed by atoms with van der Waals surface area (Å²) in [6, 6.07) is 11.9. The van der Waals surface area contributed by atoms with Crippen molar-refractivity contribution in [3.8, 4) is 5.75 Å². The Bertz CT molecular complexity index is 641. The third-order valence-electron chi connectivity index (χ3n) is 2.72. The van der Waals surface area contributed by atoms with Gasteiger partial charge in [-0.3, -0.25) is 4.79 Å². The Hall–Kier alpha value is -1.42. The highest BCUT2D eigenvalue weighted by molar-refractivity contribution is 6.39. The first-order chi connectivity index (χ1) is 9.99. The zero-order chi connectivity index (χ0) is 15.4. The first-order valence-electron chi connectivity index (χ1n) is 6.15. The normalized spacial score (nSPS) is 11.8. The molecule has 2 rings (SSSR count). The number of hydrogen-bond donors (Lipinski definition) is 1. The molecule has 0 unspecified atom stereocenters. The average Bonchev–Trinajstić information content (AvgIpc) is 2.45. The summed E-state index contributed by atoms with van der Waals surface area (Å²) in [5.74, 6) is 0.0667. The van der Waals surface area contributed by atoms with Gasteiger partial charge in [0.25, 0.3) is 5.91 Å². The number of benzene rings is 2. The van der Waals surface area contributed by atoms with E-state index in [0.29, 0.717) is 26.5 Å². The second-order valence-electron chi connectivity index (χ2n) is 4.28. The minimum absolute atomic E-state index is 0.362. The second-order valence-corrected chi connectivity index (χ2v) is 5.50. The fourth-order valence-corrected chi connectivity index (χ4v) is 2.30.